The summed E-state index contributed by atoms with van der Waals surface area (Å²) in [6, 6.07) is 9.02. The van der Waals surface area contributed by atoms with E-state index in [1.165, 1.54) is 0 Å². The van der Waals surface area contributed by atoms with Gasteiger partial charge in [-0.15, -0.1) is 0 Å². The van der Waals surface area contributed by atoms with E-state index < -0.39 is 0 Å². The third kappa shape index (κ3) is 2.83. The van der Waals surface area contributed by atoms with Crippen LogP contribution in [0, 0.1) is 0 Å². The van der Waals surface area contributed by atoms with E-state index in [0.717, 1.165) is 12.8 Å². The van der Waals surface area contributed by atoms with Crippen molar-refractivity contribution in [3.63, 3.8) is 0 Å². The van der Waals surface area contributed by atoms with E-state index in [9.17, 15) is 4.79 Å². The van der Waals surface area contributed by atoms with Crippen LogP contribution in [0.5, 0.6) is 0 Å². The van der Waals surface area contributed by atoms with Crippen LogP contribution in [-0.4, -0.2) is 24.8 Å². The first-order chi connectivity index (χ1) is 7.75. The molecule has 16 heavy (non-hydrogen) atoms. The highest BCUT2D eigenvalue weighted by Gasteiger charge is 2.23. The van der Waals surface area contributed by atoms with Gasteiger partial charge in [-0.25, -0.2) is 4.79 Å². The number of benzene rings is 1. The molecule has 1 aromatic rings. The Morgan fingerprint density at radius 2 is 2.12 bits per heavy atom. The molecule has 2 unspecified atom stereocenters. The van der Waals surface area contributed by atoms with Gasteiger partial charge < -0.3 is 9.47 Å². The quantitative estimate of drug-likeness (QED) is 0.734. The number of hydrogen-bond donors (Lipinski definition) is 0. The molecule has 0 saturated carbocycles. The van der Waals surface area contributed by atoms with Gasteiger partial charge in [0.2, 0.25) is 0 Å². The summed E-state index contributed by atoms with van der Waals surface area (Å²) in [6.07, 6.45) is 2.39. The molecule has 0 bridgehead atoms. The van der Waals surface area contributed by atoms with Crippen molar-refractivity contribution in [3.05, 3.63) is 35.9 Å². The fourth-order valence-electron chi connectivity index (χ4n) is 1.83. The molecule has 2 atom stereocenters. The monoisotopic (exact) mass is 220 g/mol. The van der Waals surface area contributed by atoms with Gasteiger partial charge in [-0.2, -0.15) is 0 Å². The second-order valence-electron chi connectivity index (χ2n) is 4.11. The van der Waals surface area contributed by atoms with Gasteiger partial charge in [0.25, 0.3) is 0 Å². The lowest BCUT2D eigenvalue weighted by atomic mass is 10.2. The predicted molar refractivity (Wildman–Crippen MR) is 60.3 cm³/mol. The molecule has 2 rings (SSSR count). The third-order valence-electron chi connectivity index (χ3n) is 2.73. The van der Waals surface area contributed by atoms with E-state index >= 15 is 0 Å². The van der Waals surface area contributed by atoms with Gasteiger partial charge in [0.1, 0.15) is 6.61 Å². The predicted octanol–water partition coefficient (Wildman–Crippen LogP) is 2.41. The maximum atomic E-state index is 11.6. The molecule has 3 nitrogen and oxygen atoms in total. The molecule has 0 radical (unpaired) electrons. The van der Waals surface area contributed by atoms with E-state index in [2.05, 4.69) is 0 Å². The highest BCUT2D eigenvalue weighted by atomic mass is 16.6. The van der Waals surface area contributed by atoms with Crippen molar-refractivity contribution in [1.82, 2.24) is 0 Å². The molecule has 0 aliphatic carbocycles. The number of carbonyl (C=O) groups excluding carboxylic acids is 1. The van der Waals surface area contributed by atoms with Crippen LogP contribution in [0.25, 0.3) is 0 Å². The van der Waals surface area contributed by atoms with Crippen LogP contribution in [0.2, 0.25) is 0 Å². The lowest BCUT2D eigenvalue weighted by Crippen LogP contribution is -2.19. The minimum absolute atomic E-state index is 0.0719. The third-order valence-corrected chi connectivity index (χ3v) is 2.73. The van der Waals surface area contributed by atoms with Crippen LogP contribution in [0.4, 0.5) is 0 Å². The molecule has 0 spiro atoms. The first kappa shape index (κ1) is 11.1. The maximum absolute atomic E-state index is 11.6. The number of esters is 1. The van der Waals surface area contributed by atoms with Crippen LogP contribution < -0.4 is 0 Å². The van der Waals surface area contributed by atoms with Gasteiger partial charge >= 0.3 is 5.97 Å². The minimum atomic E-state index is -0.274. The van der Waals surface area contributed by atoms with E-state index in [1.807, 2.05) is 25.1 Å². The van der Waals surface area contributed by atoms with Crippen molar-refractivity contribution in [2.24, 2.45) is 0 Å². The van der Waals surface area contributed by atoms with Crippen molar-refractivity contribution >= 4 is 5.97 Å². The Morgan fingerprint density at radius 1 is 1.38 bits per heavy atom. The Balaban J connectivity index is 1.80. The van der Waals surface area contributed by atoms with E-state index in [4.69, 9.17) is 9.47 Å². The summed E-state index contributed by atoms with van der Waals surface area (Å²) < 4.78 is 10.8. The van der Waals surface area contributed by atoms with Crippen molar-refractivity contribution in [3.8, 4) is 0 Å². The number of carbonyl (C=O) groups is 1. The normalized spacial score (nSPS) is 24.3. The van der Waals surface area contributed by atoms with Gasteiger partial charge in [0.15, 0.2) is 0 Å². The fourth-order valence-corrected chi connectivity index (χ4v) is 1.83. The molecular formula is C13H16O3. The average molecular weight is 220 g/mol. The van der Waals surface area contributed by atoms with Crippen LogP contribution in [0.1, 0.15) is 30.1 Å². The second-order valence-corrected chi connectivity index (χ2v) is 4.11. The topological polar surface area (TPSA) is 35.5 Å². The standard InChI is InChI=1S/C13H16O3/c1-10-7-8-12(16-10)9-15-13(14)11-5-3-2-4-6-11/h2-6,10,12H,7-9H2,1H3. The Morgan fingerprint density at radius 3 is 2.75 bits per heavy atom. The van der Waals surface area contributed by atoms with E-state index in [-0.39, 0.29) is 12.1 Å². The van der Waals surface area contributed by atoms with Crippen LogP contribution in [-0.2, 0) is 9.47 Å². The molecule has 1 heterocycles. The highest BCUT2D eigenvalue weighted by Crippen LogP contribution is 2.19. The molecule has 1 fully saturated rings. The Bertz CT molecular complexity index is 347. The van der Waals surface area contributed by atoms with Crippen LogP contribution >= 0.6 is 0 Å². The Kier molecular flexibility index (Phi) is 3.57. The van der Waals surface area contributed by atoms with Gasteiger partial charge in [-0.05, 0) is 31.9 Å². The van der Waals surface area contributed by atoms with Crippen LogP contribution in [0.15, 0.2) is 30.3 Å². The zero-order valence-corrected chi connectivity index (χ0v) is 9.39. The molecule has 86 valence electrons. The van der Waals surface area contributed by atoms with Crippen molar-refractivity contribution in [2.75, 3.05) is 6.61 Å². The molecule has 1 saturated heterocycles. The molecule has 1 aliphatic rings. The second kappa shape index (κ2) is 5.12. The Hall–Kier alpha value is -1.35. The summed E-state index contributed by atoms with van der Waals surface area (Å²) in [7, 11) is 0. The van der Waals surface area contributed by atoms with Gasteiger partial charge in [-0.1, -0.05) is 18.2 Å². The lowest BCUT2D eigenvalue weighted by molar-refractivity contribution is -0.00265. The summed E-state index contributed by atoms with van der Waals surface area (Å²) in [6.45, 7) is 2.40. The van der Waals surface area contributed by atoms with Crippen molar-refractivity contribution in [2.45, 2.75) is 32.0 Å². The van der Waals surface area contributed by atoms with Crippen molar-refractivity contribution in [1.29, 1.82) is 0 Å². The minimum Gasteiger partial charge on any atom is -0.459 e. The van der Waals surface area contributed by atoms with E-state index in [0.29, 0.717) is 18.3 Å². The largest absolute Gasteiger partial charge is 0.459 e. The molecule has 0 amide bonds. The summed E-state index contributed by atoms with van der Waals surface area (Å²) in [5.41, 5.74) is 0.591. The lowest BCUT2D eigenvalue weighted by Gasteiger charge is -2.11. The number of ether oxygens (including phenoxy) is 2. The highest BCUT2D eigenvalue weighted by molar-refractivity contribution is 5.89. The molecule has 0 N–H and O–H groups in total. The molecular weight excluding hydrogens is 204 g/mol. The van der Waals surface area contributed by atoms with E-state index in [1.54, 1.807) is 12.1 Å². The summed E-state index contributed by atoms with van der Waals surface area (Å²) in [5, 5.41) is 0. The fraction of sp³-hybridized carbons (Fsp3) is 0.462. The molecule has 1 aromatic carbocycles. The Labute approximate surface area is 95.4 Å². The summed E-state index contributed by atoms with van der Waals surface area (Å²) in [5.74, 6) is -0.274. The van der Waals surface area contributed by atoms with Gasteiger partial charge in [0, 0.05) is 0 Å². The van der Waals surface area contributed by atoms with Gasteiger partial charge in [0.05, 0.1) is 17.8 Å². The molecule has 3 heteroatoms. The zero-order chi connectivity index (χ0) is 11.4. The first-order valence-corrected chi connectivity index (χ1v) is 5.63. The zero-order valence-electron chi connectivity index (χ0n) is 9.39. The SMILES string of the molecule is CC1CCC(COC(=O)c2ccccc2)O1. The number of hydrogen-bond acceptors (Lipinski definition) is 3. The van der Waals surface area contributed by atoms with Crippen molar-refractivity contribution < 1.29 is 14.3 Å². The molecule has 1 aliphatic heterocycles. The smallest absolute Gasteiger partial charge is 0.338 e. The van der Waals surface area contributed by atoms with Crippen LogP contribution in [0.3, 0.4) is 0 Å². The first-order valence-electron chi connectivity index (χ1n) is 5.63. The average Bonchev–Trinajstić information content (AvgIpc) is 2.73. The van der Waals surface area contributed by atoms with Gasteiger partial charge in [-0.3, -0.25) is 0 Å². The number of rotatable bonds is 3. The molecule has 0 aromatic heterocycles. The summed E-state index contributed by atoms with van der Waals surface area (Å²) in [4.78, 5) is 11.6. The maximum Gasteiger partial charge on any atom is 0.338 e. The summed E-state index contributed by atoms with van der Waals surface area (Å²) >= 11 is 0.